The first-order valence-electron chi connectivity index (χ1n) is 19.5. The maximum absolute atomic E-state index is 2.44. The molecule has 0 N–H and O–H groups in total. The first-order chi connectivity index (χ1) is 28.3. The quantitative estimate of drug-likeness (QED) is 0.159. The minimum atomic E-state index is 1.11. The lowest BCUT2D eigenvalue weighted by atomic mass is 9.98. The highest BCUT2D eigenvalue weighted by atomic mass is 15.1. The summed E-state index contributed by atoms with van der Waals surface area (Å²) in [4.78, 5) is 2.30. The standard InChI is InChI=1S/C54H37N3/c1-4-17-41(18-5-1)55(42-19-6-2-7-20-42)44-33-30-38(31-34-44)39-16-14-23-45(36-39)57-50-27-12-10-24-47(50)48-35-32-40(37-53(48)57)46-26-15-29-52-54(46)49-25-11-13-28-51(49)56(52)43-21-8-3-9-22-43/h1-37H. The summed E-state index contributed by atoms with van der Waals surface area (Å²) in [6.45, 7) is 0. The Labute approximate surface area is 331 Å². The van der Waals surface area contributed by atoms with Gasteiger partial charge in [-0.15, -0.1) is 0 Å². The molecule has 0 bridgehead atoms. The smallest absolute Gasteiger partial charge is 0.0547 e. The molecule has 0 saturated carbocycles. The molecule has 0 aliphatic rings. The molecule has 3 heteroatoms. The molecule has 0 saturated heterocycles. The Balaban J connectivity index is 1.04. The van der Waals surface area contributed by atoms with E-state index in [1.807, 2.05) is 0 Å². The monoisotopic (exact) mass is 727 g/mol. The number of rotatable bonds is 7. The largest absolute Gasteiger partial charge is 0.311 e. The second kappa shape index (κ2) is 13.6. The van der Waals surface area contributed by atoms with Gasteiger partial charge in [0.1, 0.15) is 0 Å². The third-order valence-electron chi connectivity index (χ3n) is 11.3. The summed E-state index contributed by atoms with van der Waals surface area (Å²) in [7, 11) is 0. The Hall–Kier alpha value is -7.62. The fourth-order valence-electron chi connectivity index (χ4n) is 8.76. The number of benzene rings is 9. The predicted molar refractivity (Wildman–Crippen MR) is 241 cm³/mol. The number of hydrogen-bond donors (Lipinski definition) is 0. The van der Waals surface area contributed by atoms with E-state index in [9.17, 15) is 0 Å². The predicted octanol–water partition coefficient (Wildman–Crippen LogP) is 14.7. The fourth-order valence-corrected chi connectivity index (χ4v) is 8.76. The highest BCUT2D eigenvalue weighted by molar-refractivity contribution is 6.17. The highest BCUT2D eigenvalue weighted by Gasteiger charge is 2.19. The van der Waals surface area contributed by atoms with Gasteiger partial charge in [0.05, 0.1) is 22.1 Å². The Morgan fingerprint density at radius 1 is 0.281 bits per heavy atom. The number of anilines is 3. The van der Waals surface area contributed by atoms with Crippen LogP contribution in [0.4, 0.5) is 17.1 Å². The normalized spacial score (nSPS) is 11.5. The van der Waals surface area contributed by atoms with E-state index < -0.39 is 0 Å². The van der Waals surface area contributed by atoms with Gasteiger partial charge >= 0.3 is 0 Å². The van der Waals surface area contributed by atoms with E-state index in [-0.39, 0.29) is 0 Å². The average molecular weight is 728 g/mol. The molecule has 2 heterocycles. The van der Waals surface area contributed by atoms with E-state index in [4.69, 9.17) is 0 Å². The van der Waals surface area contributed by atoms with Crippen LogP contribution in [0.5, 0.6) is 0 Å². The molecule has 0 unspecified atom stereocenters. The SMILES string of the molecule is c1ccc(N(c2ccccc2)c2ccc(-c3cccc(-n4c5ccccc5c5ccc(-c6cccc7c6c6ccccc6n7-c6ccccc6)cc54)c3)cc2)cc1. The third-order valence-corrected chi connectivity index (χ3v) is 11.3. The molecule has 0 amide bonds. The van der Waals surface area contributed by atoms with E-state index >= 15 is 0 Å². The number of hydrogen-bond acceptors (Lipinski definition) is 1. The van der Waals surface area contributed by atoms with Gasteiger partial charge in [-0.25, -0.2) is 0 Å². The van der Waals surface area contributed by atoms with Crippen molar-refractivity contribution < 1.29 is 0 Å². The highest BCUT2D eigenvalue weighted by Crippen LogP contribution is 2.42. The Morgan fingerprint density at radius 2 is 0.789 bits per heavy atom. The van der Waals surface area contributed by atoms with Crippen LogP contribution in [0.15, 0.2) is 224 Å². The van der Waals surface area contributed by atoms with Gasteiger partial charge < -0.3 is 14.0 Å². The summed E-state index contributed by atoms with van der Waals surface area (Å²) < 4.78 is 4.83. The number of nitrogens with zero attached hydrogens (tertiary/aromatic N) is 3. The molecule has 0 radical (unpaired) electrons. The van der Waals surface area contributed by atoms with E-state index in [0.29, 0.717) is 0 Å². The van der Waals surface area contributed by atoms with Crippen LogP contribution in [0.1, 0.15) is 0 Å². The van der Waals surface area contributed by atoms with Crippen molar-refractivity contribution in [2.45, 2.75) is 0 Å². The van der Waals surface area contributed by atoms with Crippen molar-refractivity contribution in [1.82, 2.24) is 9.13 Å². The van der Waals surface area contributed by atoms with Crippen molar-refractivity contribution in [2.75, 3.05) is 4.90 Å². The molecule has 11 rings (SSSR count). The van der Waals surface area contributed by atoms with Crippen molar-refractivity contribution in [3.8, 4) is 33.6 Å². The number of fused-ring (bicyclic) bond motifs is 6. The van der Waals surface area contributed by atoms with Crippen LogP contribution in [0, 0.1) is 0 Å². The summed E-state index contributed by atoms with van der Waals surface area (Å²) in [5.74, 6) is 0. The molecule has 0 fully saturated rings. The van der Waals surface area contributed by atoms with E-state index in [1.165, 1.54) is 65.9 Å². The first-order valence-corrected chi connectivity index (χ1v) is 19.5. The van der Waals surface area contributed by atoms with E-state index in [0.717, 1.165) is 28.4 Å². The lowest BCUT2D eigenvalue weighted by Crippen LogP contribution is -2.09. The van der Waals surface area contributed by atoms with Crippen LogP contribution in [-0.2, 0) is 0 Å². The molecule has 2 aromatic heterocycles. The number of aromatic nitrogens is 2. The Kier molecular flexibility index (Phi) is 7.82. The maximum atomic E-state index is 2.44. The van der Waals surface area contributed by atoms with Crippen molar-refractivity contribution in [3.05, 3.63) is 224 Å². The second-order valence-electron chi connectivity index (χ2n) is 14.6. The molecule has 0 aliphatic carbocycles. The van der Waals surface area contributed by atoms with Crippen LogP contribution >= 0.6 is 0 Å². The zero-order chi connectivity index (χ0) is 37.7. The zero-order valence-corrected chi connectivity index (χ0v) is 31.2. The van der Waals surface area contributed by atoms with Gasteiger partial charge in [0.2, 0.25) is 0 Å². The second-order valence-corrected chi connectivity index (χ2v) is 14.6. The van der Waals surface area contributed by atoms with Crippen molar-refractivity contribution in [1.29, 1.82) is 0 Å². The summed E-state index contributed by atoms with van der Waals surface area (Å²) in [6.07, 6.45) is 0. The van der Waals surface area contributed by atoms with Gasteiger partial charge in [0, 0.05) is 50.0 Å². The first kappa shape index (κ1) is 32.8. The van der Waals surface area contributed by atoms with Gasteiger partial charge in [-0.05, 0) is 107 Å². The summed E-state index contributed by atoms with van der Waals surface area (Å²) >= 11 is 0. The van der Waals surface area contributed by atoms with Gasteiger partial charge in [0.25, 0.3) is 0 Å². The Bertz CT molecular complexity index is 3170. The molecular weight excluding hydrogens is 691 g/mol. The molecule has 0 aliphatic heterocycles. The van der Waals surface area contributed by atoms with Gasteiger partial charge in [-0.1, -0.05) is 140 Å². The molecule has 0 spiro atoms. The van der Waals surface area contributed by atoms with Gasteiger partial charge in [-0.3, -0.25) is 0 Å². The molecule has 9 aromatic carbocycles. The fraction of sp³-hybridized carbons (Fsp3) is 0. The summed E-state index contributed by atoms with van der Waals surface area (Å²) in [6, 6.07) is 81.0. The summed E-state index contributed by atoms with van der Waals surface area (Å²) in [5.41, 5.74) is 15.2. The van der Waals surface area contributed by atoms with Crippen LogP contribution in [0.25, 0.3) is 77.2 Å². The third kappa shape index (κ3) is 5.51. The van der Waals surface area contributed by atoms with Crippen LogP contribution < -0.4 is 4.90 Å². The number of para-hydroxylation sites is 5. The minimum absolute atomic E-state index is 1.11. The molecular formula is C54H37N3. The van der Waals surface area contributed by atoms with E-state index in [1.54, 1.807) is 0 Å². The van der Waals surface area contributed by atoms with Crippen LogP contribution in [0.2, 0.25) is 0 Å². The topological polar surface area (TPSA) is 13.1 Å². The molecule has 3 nitrogen and oxygen atoms in total. The van der Waals surface area contributed by atoms with E-state index in [2.05, 4.69) is 238 Å². The van der Waals surface area contributed by atoms with Crippen molar-refractivity contribution in [2.24, 2.45) is 0 Å². The average Bonchev–Trinajstić information content (AvgIpc) is 3.81. The lowest BCUT2D eigenvalue weighted by Gasteiger charge is -2.25. The lowest BCUT2D eigenvalue weighted by molar-refractivity contribution is 1.18. The van der Waals surface area contributed by atoms with Crippen molar-refractivity contribution >= 4 is 60.7 Å². The molecule has 57 heavy (non-hydrogen) atoms. The summed E-state index contributed by atoms with van der Waals surface area (Å²) in [5, 5.41) is 5.00. The van der Waals surface area contributed by atoms with Gasteiger partial charge in [0.15, 0.2) is 0 Å². The van der Waals surface area contributed by atoms with Crippen LogP contribution in [-0.4, -0.2) is 9.13 Å². The van der Waals surface area contributed by atoms with Crippen molar-refractivity contribution in [3.63, 3.8) is 0 Å². The Morgan fingerprint density at radius 3 is 1.51 bits per heavy atom. The zero-order valence-electron chi connectivity index (χ0n) is 31.2. The molecule has 11 aromatic rings. The minimum Gasteiger partial charge on any atom is -0.311 e. The molecule has 0 atom stereocenters. The molecule has 268 valence electrons. The van der Waals surface area contributed by atoms with Gasteiger partial charge in [-0.2, -0.15) is 0 Å². The maximum Gasteiger partial charge on any atom is 0.0547 e. The van der Waals surface area contributed by atoms with Crippen LogP contribution in [0.3, 0.4) is 0 Å².